The maximum Gasteiger partial charge on any atom is 0.264 e. The van der Waals surface area contributed by atoms with Crippen LogP contribution < -0.4 is 4.72 Å². The van der Waals surface area contributed by atoms with E-state index in [0.717, 1.165) is 10.8 Å². The maximum atomic E-state index is 12.6. The molecule has 2 N–H and O–H groups in total. The molecule has 0 saturated carbocycles. The van der Waals surface area contributed by atoms with Crippen LogP contribution >= 0.6 is 0 Å². The summed E-state index contributed by atoms with van der Waals surface area (Å²) in [5.41, 5.74) is 2.02. The number of nitrogens with zero attached hydrogens (tertiary/aromatic N) is 3. The number of rotatable bonds is 5. The molecule has 1 heterocycles. The molecular weight excluding hydrogens is 404 g/mol. The average molecular weight is 422 g/mol. The average Bonchev–Trinajstić information content (AvgIpc) is 3.05. The van der Waals surface area contributed by atoms with Gasteiger partial charge in [0, 0.05) is 10.9 Å². The Bertz CT molecular complexity index is 1360. The van der Waals surface area contributed by atoms with Crippen LogP contribution in [0.2, 0.25) is 0 Å². The molecule has 0 aliphatic carbocycles. The fourth-order valence-electron chi connectivity index (χ4n) is 2.84. The molecule has 0 atom stereocenters. The summed E-state index contributed by atoms with van der Waals surface area (Å²) >= 11 is 0. The maximum absolute atomic E-state index is 12.6. The van der Waals surface area contributed by atoms with E-state index in [2.05, 4.69) is 20.1 Å². The van der Waals surface area contributed by atoms with Crippen LogP contribution in [0.15, 0.2) is 80.3 Å². The molecule has 0 saturated heterocycles. The van der Waals surface area contributed by atoms with Crippen LogP contribution in [0, 0.1) is 13.8 Å². The summed E-state index contributed by atoms with van der Waals surface area (Å²) < 4.78 is 32.5. The van der Waals surface area contributed by atoms with Gasteiger partial charge in [0.15, 0.2) is 0 Å². The minimum Gasteiger partial charge on any atom is -0.506 e. The van der Waals surface area contributed by atoms with Crippen molar-refractivity contribution in [1.29, 1.82) is 0 Å². The Hall–Kier alpha value is -3.72. The second kappa shape index (κ2) is 7.60. The monoisotopic (exact) mass is 422 g/mol. The van der Waals surface area contributed by atoms with E-state index in [4.69, 9.17) is 4.52 Å². The van der Waals surface area contributed by atoms with Gasteiger partial charge in [0.05, 0.1) is 16.3 Å². The molecule has 0 radical (unpaired) electrons. The van der Waals surface area contributed by atoms with Gasteiger partial charge in [0.1, 0.15) is 11.4 Å². The molecule has 0 amide bonds. The van der Waals surface area contributed by atoms with E-state index in [0.29, 0.717) is 22.6 Å². The van der Waals surface area contributed by atoms with E-state index >= 15 is 0 Å². The van der Waals surface area contributed by atoms with E-state index in [1.54, 1.807) is 26.0 Å². The summed E-state index contributed by atoms with van der Waals surface area (Å²) in [5.74, 6) is 0.0984. The highest BCUT2D eigenvalue weighted by molar-refractivity contribution is 7.92. The van der Waals surface area contributed by atoms with Crippen LogP contribution in [0.5, 0.6) is 5.75 Å². The van der Waals surface area contributed by atoms with Gasteiger partial charge in [-0.15, -0.1) is 5.11 Å². The number of nitrogens with one attached hydrogen (secondary N) is 1. The third-order valence-electron chi connectivity index (χ3n) is 4.68. The van der Waals surface area contributed by atoms with E-state index in [1.807, 2.05) is 24.3 Å². The number of anilines is 1. The van der Waals surface area contributed by atoms with Crippen molar-refractivity contribution in [3.63, 3.8) is 0 Å². The Morgan fingerprint density at radius 1 is 0.967 bits per heavy atom. The topological polar surface area (TPSA) is 117 Å². The van der Waals surface area contributed by atoms with Crippen LogP contribution in [-0.2, 0) is 10.0 Å². The lowest BCUT2D eigenvalue weighted by molar-refractivity contribution is 0.430. The van der Waals surface area contributed by atoms with E-state index in [-0.39, 0.29) is 16.5 Å². The number of aryl methyl sites for hydroxylation is 1. The highest BCUT2D eigenvalue weighted by Gasteiger charge is 2.19. The fourth-order valence-corrected chi connectivity index (χ4v) is 3.89. The quantitative estimate of drug-likeness (QED) is 0.420. The summed E-state index contributed by atoms with van der Waals surface area (Å²) in [4.78, 5) is 0.0444. The Kier molecular flexibility index (Phi) is 4.96. The highest BCUT2D eigenvalue weighted by Crippen LogP contribution is 2.36. The summed E-state index contributed by atoms with van der Waals surface area (Å²) in [6, 6.07) is 16.8. The molecule has 8 nitrogen and oxygen atoms in total. The number of phenolic OH excluding ortho intramolecular Hbond substituents is 1. The van der Waals surface area contributed by atoms with Crippen molar-refractivity contribution in [2.24, 2.45) is 10.2 Å². The van der Waals surface area contributed by atoms with Gasteiger partial charge in [-0.3, -0.25) is 0 Å². The highest BCUT2D eigenvalue weighted by atomic mass is 32.2. The fraction of sp³-hybridized carbons (Fsp3) is 0.0952. The number of benzene rings is 3. The second-order valence-corrected chi connectivity index (χ2v) is 8.36. The molecule has 9 heteroatoms. The standard InChI is InChI=1S/C21H18N4O4S/c1-13-14(2)24-29-21(13)25-30(27,28)17-10-8-16(9-11-17)22-23-20-18-6-4-3-5-15(18)7-12-19(20)26/h3-12,25-26H,1-2H3. The first-order chi connectivity index (χ1) is 14.3. The first kappa shape index (κ1) is 19.6. The minimum atomic E-state index is -3.84. The number of aromatic hydroxyl groups is 1. The van der Waals surface area contributed by atoms with Gasteiger partial charge in [0.2, 0.25) is 5.88 Å². The van der Waals surface area contributed by atoms with E-state index in [1.165, 1.54) is 24.3 Å². The number of azo groups is 1. The van der Waals surface area contributed by atoms with Gasteiger partial charge in [0.25, 0.3) is 10.0 Å². The molecule has 4 rings (SSSR count). The van der Waals surface area contributed by atoms with Crippen LogP contribution in [0.1, 0.15) is 11.3 Å². The molecular formula is C21H18N4O4S. The molecule has 0 aliphatic heterocycles. The van der Waals surface area contributed by atoms with E-state index < -0.39 is 10.0 Å². The van der Waals surface area contributed by atoms with Crippen molar-refractivity contribution in [2.45, 2.75) is 18.7 Å². The van der Waals surface area contributed by atoms with Crippen molar-refractivity contribution >= 4 is 38.1 Å². The zero-order valence-electron chi connectivity index (χ0n) is 16.2. The van der Waals surface area contributed by atoms with Gasteiger partial charge >= 0.3 is 0 Å². The molecule has 4 aromatic rings. The van der Waals surface area contributed by atoms with Crippen LogP contribution in [0.25, 0.3) is 10.8 Å². The van der Waals surface area contributed by atoms with Crippen molar-refractivity contribution in [3.8, 4) is 5.75 Å². The summed E-state index contributed by atoms with van der Waals surface area (Å²) in [6.45, 7) is 3.44. The lowest BCUT2D eigenvalue weighted by atomic mass is 10.1. The third kappa shape index (κ3) is 3.74. The number of aromatic nitrogens is 1. The van der Waals surface area contributed by atoms with Crippen molar-refractivity contribution in [3.05, 3.63) is 71.9 Å². The Labute approximate surface area is 172 Å². The smallest absolute Gasteiger partial charge is 0.264 e. The molecule has 0 bridgehead atoms. The predicted octanol–water partition coefficient (Wildman–Crippen LogP) is 5.37. The molecule has 152 valence electrons. The summed E-state index contributed by atoms with van der Waals surface area (Å²) in [7, 11) is -3.84. The van der Waals surface area contributed by atoms with E-state index in [9.17, 15) is 13.5 Å². The number of sulfonamides is 1. The van der Waals surface area contributed by atoms with Crippen LogP contribution in [-0.4, -0.2) is 18.7 Å². The number of phenols is 1. The summed E-state index contributed by atoms with van der Waals surface area (Å²) in [5, 5.41) is 23.9. The van der Waals surface area contributed by atoms with Gasteiger partial charge in [-0.2, -0.15) is 5.11 Å². The summed E-state index contributed by atoms with van der Waals surface area (Å²) in [6.07, 6.45) is 0. The SMILES string of the molecule is Cc1noc(NS(=O)(=O)c2ccc(N=Nc3c(O)ccc4ccccc34)cc2)c1C. The van der Waals surface area contributed by atoms with Gasteiger partial charge in [-0.1, -0.05) is 35.5 Å². The van der Waals surface area contributed by atoms with Gasteiger partial charge < -0.3 is 9.63 Å². The number of fused-ring (bicyclic) bond motifs is 1. The zero-order chi connectivity index (χ0) is 21.3. The molecule has 30 heavy (non-hydrogen) atoms. The zero-order valence-corrected chi connectivity index (χ0v) is 17.0. The first-order valence-corrected chi connectivity index (χ1v) is 10.5. The Morgan fingerprint density at radius 3 is 2.40 bits per heavy atom. The lowest BCUT2D eigenvalue weighted by Crippen LogP contribution is -2.12. The number of hydrogen-bond acceptors (Lipinski definition) is 7. The number of hydrogen-bond donors (Lipinski definition) is 2. The molecule has 1 aromatic heterocycles. The van der Waals surface area contributed by atoms with Gasteiger partial charge in [-0.05, 0) is 49.6 Å². The largest absolute Gasteiger partial charge is 0.506 e. The van der Waals surface area contributed by atoms with Crippen molar-refractivity contribution in [1.82, 2.24) is 5.16 Å². The second-order valence-electron chi connectivity index (χ2n) is 6.68. The van der Waals surface area contributed by atoms with Crippen molar-refractivity contribution in [2.75, 3.05) is 4.72 Å². The third-order valence-corrected chi connectivity index (χ3v) is 6.02. The van der Waals surface area contributed by atoms with Crippen molar-refractivity contribution < 1.29 is 18.0 Å². The molecule has 0 unspecified atom stereocenters. The normalized spacial score (nSPS) is 11.9. The molecule has 3 aromatic carbocycles. The molecule has 0 aliphatic rings. The Morgan fingerprint density at radius 2 is 1.70 bits per heavy atom. The van der Waals surface area contributed by atoms with Crippen LogP contribution in [0.4, 0.5) is 17.3 Å². The lowest BCUT2D eigenvalue weighted by Gasteiger charge is -2.06. The Balaban J connectivity index is 1.59. The minimum absolute atomic E-state index is 0.0126. The van der Waals surface area contributed by atoms with Gasteiger partial charge in [-0.25, -0.2) is 13.1 Å². The first-order valence-electron chi connectivity index (χ1n) is 9.03. The molecule has 0 spiro atoms. The molecule has 0 fully saturated rings. The predicted molar refractivity (Wildman–Crippen MR) is 113 cm³/mol. The van der Waals surface area contributed by atoms with Crippen LogP contribution in [0.3, 0.4) is 0 Å².